The zero-order valence-corrected chi connectivity index (χ0v) is 11.5. The Bertz CT molecular complexity index is 309. The van der Waals surface area contributed by atoms with E-state index < -0.39 is 5.92 Å². The van der Waals surface area contributed by atoms with Crippen molar-refractivity contribution in [3.8, 4) is 0 Å². The molecule has 2 unspecified atom stereocenters. The molecule has 0 bridgehead atoms. The molecule has 0 saturated heterocycles. The van der Waals surface area contributed by atoms with Crippen LogP contribution in [0.25, 0.3) is 0 Å². The molecule has 2 atom stereocenters. The van der Waals surface area contributed by atoms with E-state index in [0.717, 1.165) is 0 Å². The summed E-state index contributed by atoms with van der Waals surface area (Å²) in [4.78, 5) is 12.2. The maximum atomic E-state index is 12.2. The Morgan fingerprint density at radius 2 is 1.89 bits per heavy atom. The van der Waals surface area contributed by atoms with Crippen molar-refractivity contribution in [2.45, 2.75) is 52.5 Å². The fourth-order valence-corrected chi connectivity index (χ4v) is 2.73. The van der Waals surface area contributed by atoms with Crippen molar-refractivity contribution in [1.82, 2.24) is 5.32 Å². The zero-order valence-electron chi connectivity index (χ0n) is 11.5. The zero-order chi connectivity index (χ0) is 13.7. The van der Waals surface area contributed by atoms with Crippen LogP contribution in [0.15, 0.2) is 5.16 Å². The molecule has 1 aliphatic rings. The van der Waals surface area contributed by atoms with Crippen molar-refractivity contribution >= 4 is 11.7 Å². The average molecular weight is 255 g/mol. The van der Waals surface area contributed by atoms with Gasteiger partial charge in [0, 0.05) is 6.04 Å². The van der Waals surface area contributed by atoms with Crippen LogP contribution in [-0.4, -0.2) is 23.0 Å². The van der Waals surface area contributed by atoms with Gasteiger partial charge in [0.25, 0.3) is 0 Å². The van der Waals surface area contributed by atoms with Crippen LogP contribution in [0, 0.1) is 17.8 Å². The van der Waals surface area contributed by atoms with Gasteiger partial charge in [-0.1, -0.05) is 31.8 Å². The Kier molecular flexibility index (Phi) is 5.44. The lowest BCUT2D eigenvalue weighted by Crippen LogP contribution is -2.46. The number of hydrogen-bond acceptors (Lipinski definition) is 3. The SMILES string of the molecule is CC(C)C(C(=O)NC(C)C1CCCC1)C(N)=NO. The summed E-state index contributed by atoms with van der Waals surface area (Å²) in [6, 6.07) is 0.160. The quantitative estimate of drug-likeness (QED) is 0.302. The minimum absolute atomic E-state index is 0.0108. The van der Waals surface area contributed by atoms with Crippen LogP contribution >= 0.6 is 0 Å². The van der Waals surface area contributed by atoms with Crippen LogP contribution in [0.4, 0.5) is 0 Å². The van der Waals surface area contributed by atoms with E-state index >= 15 is 0 Å². The van der Waals surface area contributed by atoms with E-state index in [1.165, 1.54) is 25.7 Å². The van der Waals surface area contributed by atoms with Crippen LogP contribution in [0.2, 0.25) is 0 Å². The molecule has 1 aliphatic carbocycles. The van der Waals surface area contributed by atoms with Gasteiger partial charge >= 0.3 is 0 Å². The highest BCUT2D eigenvalue weighted by atomic mass is 16.4. The van der Waals surface area contributed by atoms with E-state index in [1.807, 2.05) is 20.8 Å². The smallest absolute Gasteiger partial charge is 0.231 e. The summed E-state index contributed by atoms with van der Waals surface area (Å²) in [5.74, 6) is -0.134. The third-order valence-corrected chi connectivity index (χ3v) is 3.86. The van der Waals surface area contributed by atoms with Crippen molar-refractivity contribution in [3.05, 3.63) is 0 Å². The maximum absolute atomic E-state index is 12.2. The highest BCUT2D eigenvalue weighted by molar-refractivity contribution is 6.02. The molecule has 4 N–H and O–H groups in total. The molecule has 5 heteroatoms. The number of hydrogen-bond donors (Lipinski definition) is 3. The number of carbonyl (C=O) groups is 1. The summed E-state index contributed by atoms with van der Waals surface area (Å²) < 4.78 is 0. The summed E-state index contributed by atoms with van der Waals surface area (Å²) in [7, 11) is 0. The fourth-order valence-electron chi connectivity index (χ4n) is 2.73. The number of nitrogens with one attached hydrogen (secondary N) is 1. The Balaban J connectivity index is 2.61. The number of carbonyl (C=O) groups excluding carboxylic acids is 1. The van der Waals surface area contributed by atoms with E-state index in [4.69, 9.17) is 10.9 Å². The molecule has 104 valence electrons. The number of oxime groups is 1. The van der Waals surface area contributed by atoms with Crippen molar-refractivity contribution < 1.29 is 10.0 Å². The highest BCUT2D eigenvalue weighted by Crippen LogP contribution is 2.27. The van der Waals surface area contributed by atoms with Gasteiger partial charge in [-0.05, 0) is 31.6 Å². The van der Waals surface area contributed by atoms with Crippen LogP contribution in [0.3, 0.4) is 0 Å². The van der Waals surface area contributed by atoms with Gasteiger partial charge in [-0.2, -0.15) is 0 Å². The lowest BCUT2D eigenvalue weighted by atomic mass is 9.92. The van der Waals surface area contributed by atoms with Gasteiger partial charge in [0.2, 0.25) is 5.91 Å². The minimum Gasteiger partial charge on any atom is -0.409 e. The molecular weight excluding hydrogens is 230 g/mol. The number of amides is 1. The van der Waals surface area contributed by atoms with E-state index in [-0.39, 0.29) is 23.7 Å². The fraction of sp³-hybridized carbons (Fsp3) is 0.846. The molecule has 1 saturated carbocycles. The molecule has 0 heterocycles. The van der Waals surface area contributed by atoms with E-state index in [1.54, 1.807) is 0 Å². The van der Waals surface area contributed by atoms with E-state index in [0.29, 0.717) is 5.92 Å². The van der Waals surface area contributed by atoms with E-state index in [2.05, 4.69) is 10.5 Å². The lowest BCUT2D eigenvalue weighted by molar-refractivity contribution is -0.125. The second-order valence-corrected chi connectivity index (χ2v) is 5.59. The van der Waals surface area contributed by atoms with Crippen molar-refractivity contribution in [2.75, 3.05) is 0 Å². The van der Waals surface area contributed by atoms with Crippen molar-refractivity contribution in [1.29, 1.82) is 0 Å². The topological polar surface area (TPSA) is 87.7 Å². The summed E-state index contributed by atoms with van der Waals surface area (Å²) in [6.07, 6.45) is 4.85. The molecule has 1 rings (SSSR count). The van der Waals surface area contributed by atoms with E-state index in [9.17, 15) is 4.79 Å². The molecule has 0 aromatic rings. The second kappa shape index (κ2) is 6.61. The Morgan fingerprint density at radius 3 is 2.33 bits per heavy atom. The minimum atomic E-state index is -0.557. The number of nitrogens with two attached hydrogens (primary N) is 1. The summed E-state index contributed by atoms with van der Waals surface area (Å²) >= 11 is 0. The third-order valence-electron chi connectivity index (χ3n) is 3.86. The Morgan fingerprint density at radius 1 is 1.33 bits per heavy atom. The monoisotopic (exact) mass is 255 g/mol. The normalized spacial score (nSPS) is 21.0. The van der Waals surface area contributed by atoms with Gasteiger partial charge in [0.1, 0.15) is 5.92 Å². The molecule has 0 aromatic carbocycles. The molecule has 1 fully saturated rings. The molecule has 1 amide bonds. The molecule has 18 heavy (non-hydrogen) atoms. The molecular formula is C13H25N3O2. The Labute approximate surface area is 109 Å². The molecule has 0 spiro atoms. The molecule has 0 radical (unpaired) electrons. The summed E-state index contributed by atoms with van der Waals surface area (Å²) in [6.45, 7) is 5.82. The summed E-state index contributed by atoms with van der Waals surface area (Å²) in [5, 5.41) is 14.7. The van der Waals surface area contributed by atoms with Crippen LogP contribution in [0.1, 0.15) is 46.5 Å². The molecule has 5 nitrogen and oxygen atoms in total. The van der Waals surface area contributed by atoms with Gasteiger partial charge in [0.05, 0.1) is 0 Å². The third kappa shape index (κ3) is 3.62. The van der Waals surface area contributed by atoms with Gasteiger partial charge in [-0.3, -0.25) is 4.79 Å². The van der Waals surface area contributed by atoms with Crippen LogP contribution in [-0.2, 0) is 4.79 Å². The highest BCUT2D eigenvalue weighted by Gasteiger charge is 2.30. The first-order valence-corrected chi connectivity index (χ1v) is 6.75. The summed E-state index contributed by atoms with van der Waals surface area (Å²) in [5.41, 5.74) is 5.59. The predicted octanol–water partition coefficient (Wildman–Crippen LogP) is 1.70. The molecule has 0 aliphatic heterocycles. The predicted molar refractivity (Wildman–Crippen MR) is 71.3 cm³/mol. The number of amidine groups is 1. The van der Waals surface area contributed by atoms with Gasteiger partial charge in [-0.25, -0.2) is 0 Å². The second-order valence-electron chi connectivity index (χ2n) is 5.59. The lowest BCUT2D eigenvalue weighted by Gasteiger charge is -2.25. The average Bonchev–Trinajstić information content (AvgIpc) is 2.81. The van der Waals surface area contributed by atoms with Crippen molar-refractivity contribution in [2.24, 2.45) is 28.6 Å². The first-order valence-electron chi connectivity index (χ1n) is 6.75. The van der Waals surface area contributed by atoms with Gasteiger partial charge in [-0.15, -0.1) is 0 Å². The van der Waals surface area contributed by atoms with Crippen molar-refractivity contribution in [3.63, 3.8) is 0 Å². The molecule has 0 aromatic heterocycles. The van der Waals surface area contributed by atoms with Gasteiger partial charge < -0.3 is 16.3 Å². The number of rotatable bonds is 5. The first kappa shape index (κ1) is 14.8. The number of nitrogens with zero attached hydrogens (tertiary/aromatic N) is 1. The van der Waals surface area contributed by atoms with Crippen LogP contribution in [0.5, 0.6) is 0 Å². The Hall–Kier alpha value is -1.26. The van der Waals surface area contributed by atoms with Crippen LogP contribution < -0.4 is 11.1 Å². The largest absolute Gasteiger partial charge is 0.409 e. The maximum Gasteiger partial charge on any atom is 0.231 e. The first-order chi connectivity index (χ1) is 8.47. The van der Waals surface area contributed by atoms with Gasteiger partial charge in [0.15, 0.2) is 5.84 Å². The standard InChI is InChI=1S/C13H25N3O2/c1-8(2)11(12(14)16-18)13(17)15-9(3)10-6-4-5-7-10/h8-11,18H,4-7H2,1-3H3,(H2,14,16)(H,15,17).